The number of hydrogen-bond donors (Lipinski definition) is 1. The molecule has 2 aliphatic heterocycles. The van der Waals surface area contributed by atoms with Gasteiger partial charge in [-0.3, -0.25) is 9.69 Å². The second-order valence-corrected chi connectivity index (χ2v) is 8.94. The molecule has 9 heteroatoms. The van der Waals surface area contributed by atoms with Crippen LogP contribution < -0.4 is 25.2 Å². The highest BCUT2D eigenvalue weighted by atomic mass is 79.9. The van der Waals surface area contributed by atoms with Gasteiger partial charge in [-0.05, 0) is 48.7 Å². The number of hydrogen-bond acceptors (Lipinski definition) is 6. The smallest absolute Gasteiger partial charge is 0.414 e. The van der Waals surface area contributed by atoms with E-state index in [-0.39, 0.29) is 17.8 Å². The van der Waals surface area contributed by atoms with Crippen LogP contribution in [0.4, 0.5) is 10.5 Å². The quantitative estimate of drug-likeness (QED) is 0.486. The van der Waals surface area contributed by atoms with Crippen LogP contribution in [0.3, 0.4) is 0 Å². The van der Waals surface area contributed by atoms with Crippen molar-refractivity contribution in [3.63, 3.8) is 0 Å². The lowest BCUT2D eigenvalue weighted by atomic mass is 10.2. The van der Waals surface area contributed by atoms with Crippen molar-refractivity contribution in [2.45, 2.75) is 19.1 Å². The van der Waals surface area contributed by atoms with Crippen molar-refractivity contribution in [3.05, 3.63) is 63.4 Å². The van der Waals surface area contributed by atoms with Gasteiger partial charge in [0.2, 0.25) is 0 Å². The van der Waals surface area contributed by atoms with Crippen LogP contribution in [0.15, 0.2) is 57.8 Å². The van der Waals surface area contributed by atoms with Gasteiger partial charge in [0.15, 0.2) is 11.5 Å². The molecular weight excluding hydrogens is 490 g/mol. The molecule has 0 spiro atoms. The van der Waals surface area contributed by atoms with Crippen molar-refractivity contribution in [1.29, 1.82) is 0 Å². The highest BCUT2D eigenvalue weighted by Crippen LogP contribution is 2.35. The van der Waals surface area contributed by atoms with Gasteiger partial charge in [-0.1, -0.05) is 22.0 Å². The number of nitrogens with zero attached hydrogens (tertiary/aromatic N) is 2. The number of nitrogens with one attached hydrogen (secondary N) is 1. The summed E-state index contributed by atoms with van der Waals surface area (Å²) in [6.07, 6.45) is 0.159. The number of cyclic esters (lactones) is 1. The van der Waals surface area contributed by atoms with Crippen molar-refractivity contribution in [3.8, 4) is 11.5 Å². The topological polar surface area (TPSA) is 82.0 Å². The van der Waals surface area contributed by atoms with Crippen LogP contribution in [0, 0.1) is 0 Å². The van der Waals surface area contributed by atoms with E-state index in [2.05, 4.69) is 21.2 Å². The molecule has 8 nitrogen and oxygen atoms in total. The number of amides is 1. The Morgan fingerprint density at radius 3 is 2.70 bits per heavy atom. The molecule has 0 radical (unpaired) electrons. The largest absolute Gasteiger partial charge is 0.486 e. The molecule has 2 aromatic carbocycles. The van der Waals surface area contributed by atoms with Gasteiger partial charge in [0.1, 0.15) is 19.3 Å². The Bertz CT molecular complexity index is 1240. The lowest BCUT2D eigenvalue weighted by molar-refractivity contribution is 0.140. The van der Waals surface area contributed by atoms with E-state index < -0.39 is 0 Å². The zero-order chi connectivity index (χ0) is 22.8. The summed E-state index contributed by atoms with van der Waals surface area (Å²) in [5.74, 6) is 1.33. The van der Waals surface area contributed by atoms with Crippen molar-refractivity contribution in [2.24, 2.45) is 0 Å². The van der Waals surface area contributed by atoms with Crippen LogP contribution in [0.25, 0.3) is 10.9 Å². The summed E-state index contributed by atoms with van der Waals surface area (Å²) in [6.45, 7) is 3.33. The summed E-state index contributed by atoms with van der Waals surface area (Å²) in [5, 5.41) is 4.38. The fourth-order valence-electron chi connectivity index (χ4n) is 4.16. The first kappa shape index (κ1) is 21.8. The summed E-state index contributed by atoms with van der Waals surface area (Å²) in [5.41, 5.74) is 1.63. The number of ether oxygens (including phenoxy) is 3. The molecule has 1 saturated heterocycles. The lowest BCUT2D eigenvalue weighted by Crippen LogP contribution is -2.32. The van der Waals surface area contributed by atoms with Crippen LogP contribution in [-0.2, 0) is 11.3 Å². The molecule has 0 bridgehead atoms. The van der Waals surface area contributed by atoms with Crippen molar-refractivity contribution in [1.82, 2.24) is 9.88 Å². The second-order valence-electron chi connectivity index (χ2n) is 8.03. The third-order valence-corrected chi connectivity index (χ3v) is 6.27. The molecule has 5 rings (SSSR count). The average molecular weight is 514 g/mol. The lowest BCUT2D eigenvalue weighted by Gasteiger charge is -2.21. The molecule has 33 heavy (non-hydrogen) atoms. The maximum Gasteiger partial charge on any atom is 0.414 e. The molecule has 1 aromatic heterocycles. The molecule has 2 aliphatic rings. The summed E-state index contributed by atoms with van der Waals surface area (Å²) in [6, 6.07) is 14.8. The minimum Gasteiger partial charge on any atom is -0.486 e. The molecule has 3 heterocycles. The molecule has 1 atom stereocenters. The van der Waals surface area contributed by atoms with Crippen molar-refractivity contribution in [2.75, 3.05) is 37.7 Å². The minimum atomic E-state index is -0.369. The van der Waals surface area contributed by atoms with Gasteiger partial charge < -0.3 is 24.1 Å². The van der Waals surface area contributed by atoms with Gasteiger partial charge in [-0.25, -0.2) is 4.79 Å². The average Bonchev–Trinajstić information content (AvgIpc) is 3.20. The number of aryl methyl sites for hydroxylation is 1. The van der Waals surface area contributed by atoms with E-state index in [4.69, 9.17) is 14.2 Å². The van der Waals surface area contributed by atoms with Gasteiger partial charge in [0.25, 0.3) is 5.56 Å². The predicted molar refractivity (Wildman–Crippen MR) is 128 cm³/mol. The predicted octanol–water partition coefficient (Wildman–Crippen LogP) is 3.54. The zero-order valence-corrected chi connectivity index (χ0v) is 19.5. The second kappa shape index (κ2) is 9.44. The van der Waals surface area contributed by atoms with E-state index in [0.717, 1.165) is 27.5 Å². The Morgan fingerprint density at radius 1 is 1.00 bits per heavy atom. The number of fused-ring (bicyclic) bond motifs is 2. The summed E-state index contributed by atoms with van der Waals surface area (Å²) < 4.78 is 19.4. The SMILES string of the molecule is O=C1O[C@H](CNCCCn2c(=O)ccc3ccc(Br)cc32)CN1c1ccc2c(c1)OCCO2. The normalized spacial score (nSPS) is 17.4. The van der Waals surface area contributed by atoms with Crippen LogP contribution >= 0.6 is 15.9 Å². The monoisotopic (exact) mass is 513 g/mol. The Kier molecular flexibility index (Phi) is 6.24. The number of halogens is 1. The first-order chi connectivity index (χ1) is 16.1. The number of aromatic nitrogens is 1. The van der Waals surface area contributed by atoms with E-state index in [0.29, 0.717) is 50.9 Å². The van der Waals surface area contributed by atoms with Crippen molar-refractivity contribution < 1.29 is 19.0 Å². The highest BCUT2D eigenvalue weighted by molar-refractivity contribution is 9.10. The molecule has 172 valence electrons. The Balaban J connectivity index is 1.13. The van der Waals surface area contributed by atoms with Crippen molar-refractivity contribution >= 4 is 38.6 Å². The van der Waals surface area contributed by atoms with E-state index in [1.807, 2.05) is 42.5 Å². The van der Waals surface area contributed by atoms with Gasteiger partial charge >= 0.3 is 6.09 Å². The molecule has 1 amide bonds. The maximum atomic E-state index is 12.4. The fraction of sp³-hybridized carbons (Fsp3) is 0.333. The van der Waals surface area contributed by atoms with Gasteiger partial charge in [-0.2, -0.15) is 0 Å². The molecule has 0 aliphatic carbocycles. The van der Waals surface area contributed by atoms with Gasteiger partial charge in [0.05, 0.1) is 17.7 Å². The number of rotatable bonds is 7. The molecule has 1 N–H and O–H groups in total. The van der Waals surface area contributed by atoms with E-state index >= 15 is 0 Å². The van der Waals surface area contributed by atoms with E-state index in [1.54, 1.807) is 15.5 Å². The zero-order valence-electron chi connectivity index (χ0n) is 18.0. The number of benzene rings is 2. The molecule has 3 aromatic rings. The Morgan fingerprint density at radius 2 is 1.82 bits per heavy atom. The van der Waals surface area contributed by atoms with E-state index in [1.165, 1.54) is 0 Å². The standard InChI is InChI=1S/C24H24BrN3O5/c25-17-4-2-16-3-7-23(29)27(20(16)12-17)9-1-8-26-14-19-15-28(24(30)33-19)18-5-6-21-22(13-18)32-11-10-31-21/h2-7,12-13,19,26H,1,8-11,14-15H2/t19-/m1/s1. The third kappa shape index (κ3) is 4.69. The minimum absolute atomic E-state index is 0.0135. The van der Waals surface area contributed by atoms with Crippen LogP contribution in [0.2, 0.25) is 0 Å². The highest BCUT2D eigenvalue weighted by Gasteiger charge is 2.32. The molecular formula is C24H24BrN3O5. The Hall–Kier alpha value is -3.04. The van der Waals surface area contributed by atoms with Gasteiger partial charge in [0, 0.05) is 29.7 Å². The molecule has 0 unspecified atom stereocenters. The molecule has 1 fully saturated rings. The summed E-state index contributed by atoms with van der Waals surface area (Å²) in [4.78, 5) is 26.3. The third-order valence-electron chi connectivity index (χ3n) is 5.77. The van der Waals surface area contributed by atoms with Crippen LogP contribution in [0.1, 0.15) is 6.42 Å². The summed E-state index contributed by atoms with van der Waals surface area (Å²) in [7, 11) is 0. The number of carbonyl (C=O) groups excluding carboxylic acids is 1. The number of pyridine rings is 1. The van der Waals surface area contributed by atoms with Crippen LogP contribution in [-0.4, -0.2) is 49.6 Å². The van der Waals surface area contributed by atoms with Gasteiger partial charge in [-0.15, -0.1) is 0 Å². The fourth-order valence-corrected chi connectivity index (χ4v) is 4.50. The first-order valence-electron chi connectivity index (χ1n) is 11.0. The number of carbonyl (C=O) groups is 1. The first-order valence-corrected chi connectivity index (χ1v) is 11.8. The Labute approximate surface area is 199 Å². The molecule has 0 saturated carbocycles. The van der Waals surface area contributed by atoms with Crippen LogP contribution in [0.5, 0.6) is 11.5 Å². The van der Waals surface area contributed by atoms with E-state index in [9.17, 15) is 9.59 Å². The maximum absolute atomic E-state index is 12.4. The summed E-state index contributed by atoms with van der Waals surface area (Å²) >= 11 is 3.48. The number of anilines is 1.